The summed E-state index contributed by atoms with van der Waals surface area (Å²) in [6.45, 7) is 3.36. The molecule has 2 rings (SSSR count). The minimum absolute atomic E-state index is 0.0807. The number of ether oxygens (including phenoxy) is 5. The van der Waals surface area contributed by atoms with Gasteiger partial charge in [0.05, 0.1) is 11.7 Å². The first-order chi connectivity index (χ1) is 13.3. The fourth-order valence-corrected chi connectivity index (χ4v) is 2.73. The molecule has 152 valence electrons. The predicted molar refractivity (Wildman–Crippen MR) is 92.9 cm³/mol. The van der Waals surface area contributed by atoms with Gasteiger partial charge in [0.1, 0.15) is 12.7 Å². The maximum Gasteiger partial charge on any atom is 0.338 e. The van der Waals surface area contributed by atoms with Crippen molar-refractivity contribution in [1.29, 1.82) is 0 Å². The molecule has 0 spiro atoms. The third-order valence-electron chi connectivity index (χ3n) is 3.77. The highest BCUT2D eigenvalue weighted by molar-refractivity contribution is 5.89. The van der Waals surface area contributed by atoms with Gasteiger partial charge in [-0.2, -0.15) is 0 Å². The maximum absolute atomic E-state index is 12.1. The molecule has 28 heavy (non-hydrogen) atoms. The zero-order chi connectivity index (χ0) is 20.7. The van der Waals surface area contributed by atoms with Crippen molar-refractivity contribution in [2.75, 3.05) is 6.61 Å². The molecule has 1 saturated heterocycles. The maximum atomic E-state index is 12.1. The quantitative estimate of drug-likeness (QED) is 0.521. The number of hydrogen-bond acceptors (Lipinski definition) is 9. The molecule has 1 fully saturated rings. The Kier molecular flexibility index (Phi) is 7.51. The zero-order valence-electron chi connectivity index (χ0n) is 15.8. The van der Waals surface area contributed by atoms with Crippen LogP contribution in [0.15, 0.2) is 30.3 Å². The van der Waals surface area contributed by atoms with Crippen molar-refractivity contribution in [3.8, 4) is 0 Å². The van der Waals surface area contributed by atoms with Gasteiger partial charge in [-0.15, -0.1) is 0 Å². The minimum Gasteiger partial charge on any atom is -0.459 e. The van der Waals surface area contributed by atoms with Crippen LogP contribution in [0.25, 0.3) is 0 Å². The summed E-state index contributed by atoms with van der Waals surface area (Å²) in [5, 5.41) is 0. The van der Waals surface area contributed by atoms with Gasteiger partial charge in [0.25, 0.3) is 0 Å². The van der Waals surface area contributed by atoms with Crippen molar-refractivity contribution < 1.29 is 42.9 Å². The number of rotatable bonds is 6. The lowest BCUT2D eigenvalue weighted by atomic mass is 10.0. The molecular formula is C19H22O9. The van der Waals surface area contributed by atoms with Crippen LogP contribution in [0.5, 0.6) is 0 Å². The van der Waals surface area contributed by atoms with E-state index in [4.69, 9.17) is 23.7 Å². The van der Waals surface area contributed by atoms with Crippen LogP contribution in [-0.4, -0.2) is 55.1 Å². The third-order valence-corrected chi connectivity index (χ3v) is 3.77. The second kappa shape index (κ2) is 9.84. The molecule has 1 aliphatic heterocycles. The van der Waals surface area contributed by atoms with Gasteiger partial charge in [-0.3, -0.25) is 14.4 Å². The summed E-state index contributed by atoms with van der Waals surface area (Å²) in [6, 6.07) is 8.37. The molecule has 4 atom stereocenters. The van der Waals surface area contributed by atoms with Crippen molar-refractivity contribution in [1.82, 2.24) is 0 Å². The van der Waals surface area contributed by atoms with E-state index in [1.165, 1.54) is 13.8 Å². The number of benzene rings is 1. The van der Waals surface area contributed by atoms with E-state index in [1.807, 2.05) is 0 Å². The largest absolute Gasteiger partial charge is 0.459 e. The Bertz CT molecular complexity index is 689. The lowest BCUT2D eigenvalue weighted by Gasteiger charge is -2.39. The van der Waals surface area contributed by atoms with E-state index in [0.29, 0.717) is 5.56 Å². The van der Waals surface area contributed by atoms with E-state index in [2.05, 4.69) is 0 Å². The molecule has 9 heteroatoms. The first-order valence-electron chi connectivity index (χ1n) is 8.65. The number of carbonyl (C=O) groups is 4. The third kappa shape index (κ3) is 6.34. The summed E-state index contributed by atoms with van der Waals surface area (Å²) in [5.74, 6) is -2.49. The molecule has 1 aromatic carbocycles. The molecule has 0 saturated carbocycles. The Morgan fingerprint density at radius 3 is 2.11 bits per heavy atom. The molecule has 1 aromatic rings. The SMILES string of the molecule is CC(=O)OC1C[C@@H](COC(=O)c2ccccc2)O[C@@H](OC(C)=O)C1OC(C)=O. The van der Waals surface area contributed by atoms with Gasteiger partial charge in [0.15, 0.2) is 0 Å². The van der Waals surface area contributed by atoms with E-state index in [9.17, 15) is 19.2 Å². The topological polar surface area (TPSA) is 114 Å². The van der Waals surface area contributed by atoms with Gasteiger partial charge in [0.2, 0.25) is 12.4 Å². The first-order valence-corrected chi connectivity index (χ1v) is 8.65. The molecule has 0 amide bonds. The van der Waals surface area contributed by atoms with Gasteiger partial charge < -0.3 is 23.7 Å². The fourth-order valence-electron chi connectivity index (χ4n) is 2.73. The lowest BCUT2D eigenvalue weighted by Crippen LogP contribution is -2.54. The average Bonchev–Trinajstić information content (AvgIpc) is 2.62. The van der Waals surface area contributed by atoms with Gasteiger partial charge in [-0.25, -0.2) is 4.79 Å². The van der Waals surface area contributed by atoms with E-state index in [1.54, 1.807) is 30.3 Å². The Labute approximate surface area is 161 Å². The summed E-state index contributed by atoms with van der Waals surface area (Å²) in [7, 11) is 0. The van der Waals surface area contributed by atoms with Crippen molar-refractivity contribution in [3.05, 3.63) is 35.9 Å². The molecular weight excluding hydrogens is 372 g/mol. The molecule has 0 radical (unpaired) electrons. The van der Waals surface area contributed by atoms with Crippen molar-refractivity contribution >= 4 is 23.9 Å². The molecule has 2 unspecified atom stereocenters. The zero-order valence-corrected chi connectivity index (χ0v) is 15.8. The van der Waals surface area contributed by atoms with Crippen LogP contribution < -0.4 is 0 Å². The van der Waals surface area contributed by atoms with E-state index < -0.39 is 48.5 Å². The van der Waals surface area contributed by atoms with Crippen LogP contribution >= 0.6 is 0 Å². The van der Waals surface area contributed by atoms with Gasteiger partial charge >= 0.3 is 23.9 Å². The summed E-state index contributed by atoms with van der Waals surface area (Å²) in [6.07, 6.45) is -4.03. The highest BCUT2D eigenvalue weighted by Gasteiger charge is 2.45. The second-order valence-electron chi connectivity index (χ2n) is 6.16. The Morgan fingerprint density at radius 1 is 0.929 bits per heavy atom. The van der Waals surface area contributed by atoms with E-state index >= 15 is 0 Å². The number of esters is 4. The molecule has 0 aromatic heterocycles. The summed E-state index contributed by atoms with van der Waals surface area (Å²) < 4.78 is 26.3. The lowest BCUT2D eigenvalue weighted by molar-refractivity contribution is -0.270. The van der Waals surface area contributed by atoms with Crippen molar-refractivity contribution in [3.63, 3.8) is 0 Å². The Balaban J connectivity index is 2.10. The van der Waals surface area contributed by atoms with Crippen LogP contribution in [0.3, 0.4) is 0 Å². The average molecular weight is 394 g/mol. The molecule has 0 bridgehead atoms. The monoisotopic (exact) mass is 394 g/mol. The fraction of sp³-hybridized carbons (Fsp3) is 0.474. The van der Waals surface area contributed by atoms with Crippen LogP contribution in [0, 0.1) is 0 Å². The molecule has 9 nitrogen and oxygen atoms in total. The highest BCUT2D eigenvalue weighted by Crippen LogP contribution is 2.27. The molecule has 1 heterocycles. The molecule has 1 aliphatic rings. The molecule has 0 N–H and O–H groups in total. The van der Waals surface area contributed by atoms with E-state index in [0.717, 1.165) is 6.92 Å². The van der Waals surface area contributed by atoms with Crippen LogP contribution in [0.1, 0.15) is 37.6 Å². The Hall–Kier alpha value is -2.94. The minimum atomic E-state index is -1.31. The van der Waals surface area contributed by atoms with Crippen molar-refractivity contribution in [2.24, 2.45) is 0 Å². The number of carbonyl (C=O) groups excluding carboxylic acids is 4. The normalized spacial score (nSPS) is 24.0. The molecule has 0 aliphatic carbocycles. The highest BCUT2D eigenvalue weighted by atomic mass is 16.7. The summed E-state index contributed by atoms with van der Waals surface area (Å²) >= 11 is 0. The van der Waals surface area contributed by atoms with Gasteiger partial charge in [-0.1, -0.05) is 18.2 Å². The smallest absolute Gasteiger partial charge is 0.338 e. The first kappa shape index (κ1) is 21.4. The van der Waals surface area contributed by atoms with Crippen LogP contribution in [-0.2, 0) is 38.1 Å². The van der Waals surface area contributed by atoms with Crippen molar-refractivity contribution in [2.45, 2.75) is 51.8 Å². The van der Waals surface area contributed by atoms with Gasteiger partial charge in [0, 0.05) is 27.2 Å². The predicted octanol–water partition coefficient (Wildman–Crippen LogP) is 1.38. The van der Waals surface area contributed by atoms with Gasteiger partial charge in [-0.05, 0) is 12.1 Å². The number of hydrogen-bond donors (Lipinski definition) is 0. The van der Waals surface area contributed by atoms with E-state index in [-0.39, 0.29) is 13.0 Å². The standard InChI is InChI=1S/C19H22O9/c1-11(20)25-16-9-15(10-24-18(23)14-7-5-4-6-8-14)28-19(27-13(3)22)17(16)26-12(2)21/h4-8,15-17,19H,9-10H2,1-3H3/t15-,16?,17?,19+/m0/s1. The summed E-state index contributed by atoms with van der Waals surface area (Å²) in [5.41, 5.74) is 0.365. The second-order valence-corrected chi connectivity index (χ2v) is 6.16. The van der Waals surface area contributed by atoms with Crippen LogP contribution in [0.4, 0.5) is 0 Å². The van der Waals surface area contributed by atoms with Crippen LogP contribution in [0.2, 0.25) is 0 Å². The summed E-state index contributed by atoms with van der Waals surface area (Å²) in [4.78, 5) is 46.3. The Morgan fingerprint density at radius 2 is 1.54 bits per heavy atom.